The van der Waals surface area contributed by atoms with E-state index in [2.05, 4.69) is 4.72 Å². The normalized spacial score (nSPS) is 12.5. The van der Waals surface area contributed by atoms with Gasteiger partial charge in [0.05, 0.1) is 30.7 Å². The van der Waals surface area contributed by atoms with Crippen LogP contribution in [0.3, 0.4) is 0 Å². The van der Waals surface area contributed by atoms with Gasteiger partial charge in [0.2, 0.25) is 10.0 Å². The average Bonchev–Trinajstić information content (AvgIpc) is 2.81. The number of benzene rings is 3. The molecule has 0 unspecified atom stereocenters. The Labute approximate surface area is 205 Å². The number of anilines is 1. The van der Waals surface area contributed by atoms with Crippen LogP contribution in [0, 0.1) is 0 Å². The van der Waals surface area contributed by atoms with Crippen molar-refractivity contribution in [2.24, 2.45) is 0 Å². The maximum atomic E-state index is 12.8. The number of fused-ring (bicyclic) bond motifs is 2. The predicted molar refractivity (Wildman–Crippen MR) is 143 cm³/mol. The maximum Gasteiger partial charge on any atom is 0.354 e. The zero-order valence-electron chi connectivity index (χ0n) is 19.8. The number of rotatable bonds is 9. The first-order valence-corrected chi connectivity index (χ1v) is 14.7. The fourth-order valence-electron chi connectivity index (χ4n) is 3.93. The maximum absolute atomic E-state index is 12.8. The van der Waals surface area contributed by atoms with Gasteiger partial charge in [0.25, 0.3) is 0 Å². The Kier molecular flexibility index (Phi) is 7.38. The summed E-state index contributed by atoms with van der Waals surface area (Å²) in [7, 11) is -6.85. The van der Waals surface area contributed by atoms with Crippen molar-refractivity contribution in [1.82, 2.24) is 4.98 Å². The molecule has 0 saturated heterocycles. The van der Waals surface area contributed by atoms with Crippen LogP contribution in [0.4, 0.5) is 5.69 Å². The predicted octanol–water partition coefficient (Wildman–Crippen LogP) is 6.66. The molecule has 4 rings (SSSR count). The van der Waals surface area contributed by atoms with Crippen molar-refractivity contribution in [3.63, 3.8) is 0 Å². The first kappa shape index (κ1) is 25.1. The van der Waals surface area contributed by atoms with E-state index in [9.17, 15) is 13.0 Å². The lowest BCUT2D eigenvalue weighted by Crippen LogP contribution is -2.09. The minimum Gasteiger partial charge on any atom is -0.306 e. The van der Waals surface area contributed by atoms with Crippen molar-refractivity contribution < 1.29 is 22.0 Å². The lowest BCUT2D eigenvalue weighted by molar-refractivity contribution is 0.229. The molecule has 0 amide bonds. The molecule has 0 fully saturated rings. The van der Waals surface area contributed by atoms with Gasteiger partial charge in [0, 0.05) is 22.5 Å². The van der Waals surface area contributed by atoms with Gasteiger partial charge in [-0.05, 0) is 54.5 Å². The molecular formula is C26H27N2O5PS. The summed E-state index contributed by atoms with van der Waals surface area (Å²) in [5, 5.41) is 2.84. The fourth-order valence-corrected chi connectivity index (χ4v) is 5.78. The van der Waals surface area contributed by atoms with Crippen LogP contribution in [-0.4, -0.2) is 32.9 Å². The van der Waals surface area contributed by atoms with Gasteiger partial charge in [-0.3, -0.25) is 9.29 Å². The molecule has 0 saturated carbocycles. The average molecular weight is 511 g/mol. The Morgan fingerprint density at radius 2 is 1.63 bits per heavy atom. The summed E-state index contributed by atoms with van der Waals surface area (Å²) in [6.45, 7) is 4.03. The van der Waals surface area contributed by atoms with Crippen LogP contribution < -0.4 is 4.72 Å². The van der Waals surface area contributed by atoms with Crippen molar-refractivity contribution >= 4 is 51.1 Å². The number of aromatic nitrogens is 1. The minimum atomic E-state index is -3.47. The van der Waals surface area contributed by atoms with Gasteiger partial charge >= 0.3 is 7.60 Å². The molecule has 0 aliphatic heterocycles. The molecule has 182 valence electrons. The Morgan fingerprint density at radius 1 is 0.914 bits per heavy atom. The van der Waals surface area contributed by atoms with E-state index in [0.29, 0.717) is 16.9 Å². The molecule has 1 heterocycles. The van der Waals surface area contributed by atoms with Gasteiger partial charge in [-0.15, -0.1) is 0 Å². The molecule has 0 aliphatic carbocycles. The molecule has 7 nitrogen and oxygen atoms in total. The number of sulfonamides is 1. The lowest BCUT2D eigenvalue weighted by atomic mass is 9.95. The second kappa shape index (κ2) is 10.3. The van der Waals surface area contributed by atoms with E-state index in [-0.39, 0.29) is 13.2 Å². The van der Waals surface area contributed by atoms with Crippen LogP contribution in [0.2, 0.25) is 0 Å². The lowest BCUT2D eigenvalue weighted by Gasteiger charge is -2.14. The van der Waals surface area contributed by atoms with E-state index in [4.69, 9.17) is 14.0 Å². The topological polar surface area (TPSA) is 94.6 Å². The molecule has 0 atom stereocenters. The highest BCUT2D eigenvalue weighted by molar-refractivity contribution is 7.92. The highest BCUT2D eigenvalue weighted by Crippen LogP contribution is 2.50. The van der Waals surface area contributed by atoms with Gasteiger partial charge in [0.15, 0.2) is 0 Å². The fraction of sp³-hybridized carbons (Fsp3) is 0.192. The van der Waals surface area contributed by atoms with Crippen LogP contribution in [0.15, 0.2) is 72.5 Å². The SMILES string of the molecule is CCOP(=O)(C=Cc1ccc2cc(NS(C)(=O)=O)cc(-c3cccc4ccccc34)c2n1)OCC. The third-order valence-corrected chi connectivity index (χ3v) is 7.60. The Bertz CT molecular complexity index is 1550. The van der Waals surface area contributed by atoms with Crippen LogP contribution in [0.1, 0.15) is 19.5 Å². The minimum absolute atomic E-state index is 0.258. The highest BCUT2D eigenvalue weighted by Gasteiger charge is 2.19. The monoisotopic (exact) mass is 510 g/mol. The molecule has 3 aromatic carbocycles. The number of pyridine rings is 1. The molecular weight excluding hydrogens is 483 g/mol. The third-order valence-electron chi connectivity index (χ3n) is 5.24. The quantitative estimate of drug-likeness (QED) is 0.253. The van der Waals surface area contributed by atoms with Gasteiger partial charge in [-0.1, -0.05) is 48.5 Å². The largest absolute Gasteiger partial charge is 0.354 e. The third kappa shape index (κ3) is 5.97. The summed E-state index contributed by atoms with van der Waals surface area (Å²) in [6, 6.07) is 21.1. The molecule has 0 aliphatic rings. The second-order valence-corrected chi connectivity index (χ2v) is 11.6. The molecule has 0 radical (unpaired) electrons. The first-order valence-electron chi connectivity index (χ1n) is 11.2. The molecule has 1 aromatic heterocycles. The van der Waals surface area contributed by atoms with Crippen molar-refractivity contribution in [2.45, 2.75) is 13.8 Å². The van der Waals surface area contributed by atoms with E-state index in [1.807, 2.05) is 48.5 Å². The number of hydrogen-bond acceptors (Lipinski definition) is 6. The van der Waals surface area contributed by atoms with Crippen LogP contribution in [0.25, 0.3) is 38.9 Å². The molecule has 1 N–H and O–H groups in total. The summed E-state index contributed by atoms with van der Waals surface area (Å²) in [4.78, 5) is 4.82. The standard InChI is InChI=1S/C26H27N2O5PS/c1-4-32-34(29,33-5-2)16-15-21-14-13-20-17-22(28-35(3,30)31)18-25(26(20)27-21)24-12-8-10-19-9-6-7-11-23(19)24/h6-18,28H,4-5H2,1-3H3. The van der Waals surface area contributed by atoms with Gasteiger partial charge in [0.1, 0.15) is 0 Å². The number of hydrogen-bond donors (Lipinski definition) is 1. The molecule has 35 heavy (non-hydrogen) atoms. The van der Waals surface area contributed by atoms with Crippen LogP contribution in [0.5, 0.6) is 0 Å². The summed E-state index contributed by atoms with van der Waals surface area (Å²) in [5.74, 6) is 1.42. The molecule has 0 spiro atoms. The Hall–Kier alpha value is -3.03. The number of nitrogens with zero attached hydrogens (tertiary/aromatic N) is 1. The van der Waals surface area contributed by atoms with Crippen LogP contribution >= 0.6 is 7.60 Å². The summed E-state index contributed by atoms with van der Waals surface area (Å²) >= 11 is 0. The van der Waals surface area contributed by atoms with E-state index in [0.717, 1.165) is 33.5 Å². The smallest absolute Gasteiger partial charge is 0.306 e. The Morgan fingerprint density at radius 3 is 2.34 bits per heavy atom. The van der Waals surface area contributed by atoms with Crippen molar-refractivity contribution in [2.75, 3.05) is 24.2 Å². The second-order valence-electron chi connectivity index (χ2n) is 7.92. The van der Waals surface area contributed by atoms with Gasteiger partial charge < -0.3 is 9.05 Å². The zero-order chi connectivity index (χ0) is 25.1. The molecule has 0 bridgehead atoms. The van der Waals surface area contributed by atoms with Crippen molar-refractivity contribution in [3.05, 3.63) is 78.2 Å². The van der Waals surface area contributed by atoms with Gasteiger partial charge in [-0.25, -0.2) is 13.4 Å². The Balaban J connectivity index is 1.91. The van der Waals surface area contributed by atoms with Gasteiger partial charge in [-0.2, -0.15) is 0 Å². The summed E-state index contributed by atoms with van der Waals surface area (Å²) in [5.41, 5.74) is 3.41. The van der Waals surface area contributed by atoms with Crippen LogP contribution in [-0.2, 0) is 23.6 Å². The molecule has 4 aromatic rings. The number of nitrogens with one attached hydrogen (secondary N) is 1. The molecule has 9 heteroatoms. The summed E-state index contributed by atoms with van der Waals surface area (Å²) < 4.78 is 50.0. The van der Waals surface area contributed by atoms with E-state index in [1.165, 1.54) is 5.82 Å². The van der Waals surface area contributed by atoms with Crippen molar-refractivity contribution in [3.8, 4) is 11.1 Å². The first-order chi connectivity index (χ1) is 16.7. The van der Waals surface area contributed by atoms with E-state index in [1.54, 1.807) is 38.1 Å². The highest BCUT2D eigenvalue weighted by atomic mass is 32.2. The summed E-state index contributed by atoms with van der Waals surface area (Å²) in [6.07, 6.45) is 2.75. The van der Waals surface area contributed by atoms with E-state index < -0.39 is 17.6 Å². The van der Waals surface area contributed by atoms with E-state index >= 15 is 0 Å². The zero-order valence-corrected chi connectivity index (χ0v) is 21.5. The van der Waals surface area contributed by atoms with Crippen molar-refractivity contribution in [1.29, 1.82) is 0 Å².